The third-order valence-corrected chi connectivity index (χ3v) is 5.16. The Morgan fingerprint density at radius 1 is 1.26 bits per heavy atom. The van der Waals surface area contributed by atoms with E-state index in [0.29, 0.717) is 19.4 Å². The number of pyridine rings is 1. The second-order valence-electron chi connectivity index (χ2n) is 6.73. The molecule has 4 rings (SSSR count). The zero-order valence-corrected chi connectivity index (χ0v) is 15.4. The van der Waals surface area contributed by atoms with Crippen molar-refractivity contribution in [2.24, 2.45) is 0 Å². The largest absolute Gasteiger partial charge is 0.496 e. The summed E-state index contributed by atoms with van der Waals surface area (Å²) in [6.45, 7) is 1.41. The molecule has 1 N–H and O–H groups in total. The molecule has 0 saturated carbocycles. The molecule has 0 bridgehead atoms. The summed E-state index contributed by atoms with van der Waals surface area (Å²) in [6, 6.07) is 11.9. The van der Waals surface area contributed by atoms with Crippen LogP contribution >= 0.6 is 0 Å². The van der Waals surface area contributed by atoms with Crippen LogP contribution in [0.1, 0.15) is 24.0 Å². The maximum Gasteiger partial charge on any atom is 0.223 e. The minimum atomic E-state index is 0.191. The number of aromatic nitrogens is 2. The van der Waals surface area contributed by atoms with Crippen molar-refractivity contribution < 1.29 is 9.53 Å². The van der Waals surface area contributed by atoms with E-state index in [0.717, 1.165) is 35.3 Å². The number of ether oxygens (including phenoxy) is 1. The van der Waals surface area contributed by atoms with Crippen molar-refractivity contribution >= 4 is 22.5 Å². The average molecular weight is 361 g/mol. The van der Waals surface area contributed by atoms with Crippen LogP contribution in [-0.4, -0.2) is 41.0 Å². The van der Waals surface area contributed by atoms with Crippen LogP contribution in [0.15, 0.2) is 54.9 Å². The van der Waals surface area contributed by atoms with E-state index in [1.54, 1.807) is 13.3 Å². The zero-order chi connectivity index (χ0) is 18.6. The lowest BCUT2D eigenvalue weighted by Gasteiger charge is -2.26. The van der Waals surface area contributed by atoms with E-state index < -0.39 is 0 Å². The lowest BCUT2D eigenvalue weighted by molar-refractivity contribution is -0.130. The molecule has 1 aliphatic rings. The molecule has 5 heteroatoms. The number of aromatic amines is 1. The number of nitrogens with one attached hydrogen (secondary N) is 1. The average Bonchev–Trinajstić information content (AvgIpc) is 3.16. The number of fused-ring (bicyclic) bond motifs is 1. The van der Waals surface area contributed by atoms with Crippen LogP contribution in [0.5, 0.6) is 5.75 Å². The van der Waals surface area contributed by atoms with Gasteiger partial charge in [-0.05, 0) is 42.2 Å². The van der Waals surface area contributed by atoms with Crippen molar-refractivity contribution in [1.29, 1.82) is 0 Å². The highest BCUT2D eigenvalue weighted by Gasteiger charge is 2.19. The molecule has 0 aliphatic carbocycles. The van der Waals surface area contributed by atoms with E-state index >= 15 is 0 Å². The van der Waals surface area contributed by atoms with Gasteiger partial charge in [0, 0.05) is 42.9 Å². The van der Waals surface area contributed by atoms with Crippen molar-refractivity contribution in [1.82, 2.24) is 14.9 Å². The molecule has 1 aromatic carbocycles. The first kappa shape index (κ1) is 17.3. The molecule has 0 saturated heterocycles. The first-order valence-electron chi connectivity index (χ1n) is 9.27. The Hall–Kier alpha value is -3.08. The quantitative estimate of drug-likeness (QED) is 0.752. The van der Waals surface area contributed by atoms with Crippen LogP contribution in [0, 0.1) is 0 Å². The van der Waals surface area contributed by atoms with Gasteiger partial charge in [0.2, 0.25) is 5.91 Å². The predicted octanol–water partition coefficient (Wildman–Crippen LogP) is 3.82. The number of hydrogen-bond donors (Lipinski definition) is 1. The normalized spacial score (nSPS) is 14.3. The van der Waals surface area contributed by atoms with Crippen molar-refractivity contribution in [2.45, 2.75) is 19.3 Å². The van der Waals surface area contributed by atoms with Gasteiger partial charge in [0.15, 0.2) is 0 Å². The molecule has 2 aromatic heterocycles. The summed E-state index contributed by atoms with van der Waals surface area (Å²) >= 11 is 0. The molecule has 1 amide bonds. The molecule has 3 heterocycles. The molecule has 3 aromatic rings. The minimum absolute atomic E-state index is 0.191. The summed E-state index contributed by atoms with van der Waals surface area (Å²) < 4.78 is 5.37. The summed E-state index contributed by atoms with van der Waals surface area (Å²) in [5.41, 5.74) is 4.46. The summed E-state index contributed by atoms with van der Waals surface area (Å²) in [5, 5.41) is 1.14. The number of nitrogens with zero attached hydrogens (tertiary/aromatic N) is 2. The maximum absolute atomic E-state index is 12.6. The highest BCUT2D eigenvalue weighted by atomic mass is 16.5. The van der Waals surface area contributed by atoms with Gasteiger partial charge in [0.1, 0.15) is 11.4 Å². The van der Waals surface area contributed by atoms with Gasteiger partial charge in [-0.15, -0.1) is 0 Å². The van der Waals surface area contributed by atoms with E-state index in [9.17, 15) is 4.79 Å². The topological polar surface area (TPSA) is 58.2 Å². The summed E-state index contributed by atoms with van der Waals surface area (Å²) in [5.74, 6) is 1.04. The molecule has 0 atom stereocenters. The SMILES string of the molecule is COc1ccccc1CCC(=O)N1CC=C(c2c[nH]c3ncccc23)CC1. The number of methoxy groups -OCH3 is 1. The predicted molar refractivity (Wildman–Crippen MR) is 107 cm³/mol. The van der Waals surface area contributed by atoms with Gasteiger partial charge < -0.3 is 14.6 Å². The Kier molecular flexibility index (Phi) is 4.92. The summed E-state index contributed by atoms with van der Waals surface area (Å²) in [4.78, 5) is 22.1. The van der Waals surface area contributed by atoms with Gasteiger partial charge in [0.25, 0.3) is 0 Å². The number of benzene rings is 1. The molecule has 27 heavy (non-hydrogen) atoms. The number of amides is 1. The van der Waals surface area contributed by atoms with Gasteiger partial charge in [-0.25, -0.2) is 4.98 Å². The molecule has 138 valence electrons. The Bertz CT molecular complexity index is 990. The van der Waals surface area contributed by atoms with Crippen LogP contribution in [0.4, 0.5) is 0 Å². The monoisotopic (exact) mass is 361 g/mol. The lowest BCUT2D eigenvalue weighted by Crippen LogP contribution is -2.34. The van der Waals surface area contributed by atoms with E-state index in [1.807, 2.05) is 41.4 Å². The smallest absolute Gasteiger partial charge is 0.223 e. The Morgan fingerprint density at radius 3 is 2.96 bits per heavy atom. The van der Waals surface area contributed by atoms with Gasteiger partial charge in [0.05, 0.1) is 7.11 Å². The fourth-order valence-corrected chi connectivity index (χ4v) is 3.67. The maximum atomic E-state index is 12.6. The molecule has 0 fully saturated rings. The van der Waals surface area contributed by atoms with Crippen LogP contribution in [0.3, 0.4) is 0 Å². The van der Waals surface area contributed by atoms with E-state index in [1.165, 1.54) is 11.1 Å². The molecule has 0 spiro atoms. The van der Waals surface area contributed by atoms with Crippen molar-refractivity contribution in [3.63, 3.8) is 0 Å². The summed E-state index contributed by atoms with van der Waals surface area (Å²) in [6.07, 6.45) is 8.04. The van der Waals surface area contributed by atoms with Crippen molar-refractivity contribution in [3.05, 3.63) is 66.0 Å². The second-order valence-corrected chi connectivity index (χ2v) is 6.73. The Labute approximate surface area is 158 Å². The first-order valence-corrected chi connectivity index (χ1v) is 9.27. The van der Waals surface area contributed by atoms with Crippen molar-refractivity contribution in [3.8, 4) is 5.75 Å². The van der Waals surface area contributed by atoms with Gasteiger partial charge >= 0.3 is 0 Å². The molecule has 1 aliphatic heterocycles. The molecule has 0 unspecified atom stereocenters. The highest BCUT2D eigenvalue weighted by Crippen LogP contribution is 2.28. The van der Waals surface area contributed by atoms with E-state index in [-0.39, 0.29) is 5.91 Å². The molecular weight excluding hydrogens is 338 g/mol. The number of aryl methyl sites for hydroxylation is 1. The second kappa shape index (κ2) is 7.66. The van der Waals surface area contributed by atoms with Gasteiger partial charge in [-0.1, -0.05) is 24.3 Å². The van der Waals surface area contributed by atoms with E-state index in [4.69, 9.17) is 4.74 Å². The van der Waals surface area contributed by atoms with Crippen LogP contribution in [0.2, 0.25) is 0 Å². The van der Waals surface area contributed by atoms with Crippen LogP contribution in [0.25, 0.3) is 16.6 Å². The van der Waals surface area contributed by atoms with Crippen molar-refractivity contribution in [2.75, 3.05) is 20.2 Å². The highest BCUT2D eigenvalue weighted by molar-refractivity contribution is 5.91. The number of H-pyrrole nitrogens is 1. The first-order chi connectivity index (χ1) is 13.3. The number of para-hydroxylation sites is 1. The fourth-order valence-electron chi connectivity index (χ4n) is 3.67. The third-order valence-electron chi connectivity index (χ3n) is 5.16. The third kappa shape index (κ3) is 3.58. The Balaban J connectivity index is 1.40. The molecule has 0 radical (unpaired) electrons. The number of carbonyl (C=O) groups excluding carboxylic acids is 1. The van der Waals surface area contributed by atoms with E-state index in [2.05, 4.69) is 22.1 Å². The number of rotatable bonds is 5. The molecule has 5 nitrogen and oxygen atoms in total. The standard InChI is InChI=1S/C22H23N3O2/c1-27-20-7-3-2-5-17(20)8-9-21(26)25-13-10-16(11-14-25)19-15-24-22-18(19)6-4-12-23-22/h2-7,10,12,15H,8-9,11,13-14H2,1H3,(H,23,24). The van der Waals surface area contributed by atoms with Gasteiger partial charge in [-0.3, -0.25) is 4.79 Å². The number of carbonyl (C=O) groups is 1. The summed E-state index contributed by atoms with van der Waals surface area (Å²) in [7, 11) is 1.66. The van der Waals surface area contributed by atoms with Gasteiger partial charge in [-0.2, -0.15) is 0 Å². The molecular formula is C22H23N3O2. The lowest BCUT2D eigenvalue weighted by atomic mass is 9.99. The van der Waals surface area contributed by atoms with Crippen LogP contribution in [-0.2, 0) is 11.2 Å². The Morgan fingerprint density at radius 2 is 2.15 bits per heavy atom. The fraction of sp³-hybridized carbons (Fsp3) is 0.273. The number of hydrogen-bond acceptors (Lipinski definition) is 3. The zero-order valence-electron chi connectivity index (χ0n) is 15.4. The van der Waals surface area contributed by atoms with Crippen LogP contribution < -0.4 is 4.74 Å². The minimum Gasteiger partial charge on any atom is -0.496 e.